The van der Waals surface area contributed by atoms with Crippen molar-refractivity contribution < 1.29 is 32.1 Å². The first kappa shape index (κ1) is 18.4. The van der Waals surface area contributed by atoms with E-state index in [1.807, 2.05) is 24.3 Å². The lowest BCUT2D eigenvalue weighted by Crippen LogP contribution is -2.35. The SMILES string of the molecule is O=C(CC[n+]1ccc(-c2cnc3ccccc3n2)cc1)OC(=O)C(F)(F)F. The van der Waals surface area contributed by atoms with Crippen LogP contribution in [0.1, 0.15) is 6.42 Å². The minimum Gasteiger partial charge on any atom is -0.386 e. The van der Waals surface area contributed by atoms with E-state index in [-0.39, 0.29) is 13.0 Å². The summed E-state index contributed by atoms with van der Waals surface area (Å²) in [4.78, 5) is 30.8. The van der Waals surface area contributed by atoms with Gasteiger partial charge in [0.05, 0.1) is 22.9 Å². The minimum absolute atomic E-state index is 0.0631. The van der Waals surface area contributed by atoms with Gasteiger partial charge in [0.2, 0.25) is 0 Å². The molecular formula is C18H13F3N3O3+. The molecule has 0 amide bonds. The van der Waals surface area contributed by atoms with E-state index >= 15 is 0 Å². The van der Waals surface area contributed by atoms with Crippen LogP contribution in [-0.4, -0.2) is 28.1 Å². The third-order valence-corrected chi connectivity index (χ3v) is 3.65. The first-order chi connectivity index (χ1) is 12.8. The van der Waals surface area contributed by atoms with Gasteiger partial charge >= 0.3 is 18.1 Å². The molecule has 0 spiro atoms. The van der Waals surface area contributed by atoms with E-state index in [0.29, 0.717) is 5.69 Å². The number of carbonyl (C=O) groups is 2. The standard InChI is InChI=1S/C18H13F3N3O3/c19-18(20,21)17(26)27-16(25)7-10-24-8-5-12(6-9-24)15-11-22-13-3-1-2-4-14(13)23-15/h1-6,8-9,11H,7,10H2/q+1. The van der Waals surface area contributed by atoms with Crippen molar-refractivity contribution in [1.29, 1.82) is 0 Å². The fourth-order valence-corrected chi connectivity index (χ4v) is 2.31. The van der Waals surface area contributed by atoms with E-state index < -0.39 is 18.1 Å². The summed E-state index contributed by atoms with van der Waals surface area (Å²) in [7, 11) is 0. The number of carbonyl (C=O) groups excluding carboxylic acids is 2. The molecule has 0 radical (unpaired) electrons. The number of aromatic nitrogens is 3. The fourth-order valence-electron chi connectivity index (χ4n) is 2.31. The van der Waals surface area contributed by atoms with Gasteiger partial charge in [-0.25, -0.2) is 14.3 Å². The Morgan fingerprint density at radius 1 is 1.04 bits per heavy atom. The average molecular weight is 376 g/mol. The van der Waals surface area contributed by atoms with Crippen molar-refractivity contribution in [3.05, 3.63) is 55.0 Å². The van der Waals surface area contributed by atoms with Crippen molar-refractivity contribution in [2.75, 3.05) is 0 Å². The van der Waals surface area contributed by atoms with Crippen LogP contribution in [0.25, 0.3) is 22.3 Å². The van der Waals surface area contributed by atoms with Gasteiger partial charge in [0.25, 0.3) is 0 Å². The van der Waals surface area contributed by atoms with E-state index in [0.717, 1.165) is 16.6 Å². The zero-order valence-electron chi connectivity index (χ0n) is 13.8. The molecule has 6 nitrogen and oxygen atoms in total. The van der Waals surface area contributed by atoms with Crippen molar-refractivity contribution in [1.82, 2.24) is 9.97 Å². The van der Waals surface area contributed by atoms with Crippen LogP contribution in [-0.2, 0) is 20.9 Å². The highest BCUT2D eigenvalue weighted by atomic mass is 19.4. The second kappa shape index (κ2) is 7.48. The molecule has 0 unspecified atom stereocenters. The molecule has 0 saturated carbocycles. The van der Waals surface area contributed by atoms with Gasteiger partial charge in [0, 0.05) is 17.7 Å². The quantitative estimate of drug-likeness (QED) is 0.398. The van der Waals surface area contributed by atoms with Gasteiger partial charge in [0.15, 0.2) is 18.9 Å². The number of nitrogens with zero attached hydrogens (tertiary/aromatic N) is 3. The predicted molar refractivity (Wildman–Crippen MR) is 86.9 cm³/mol. The Morgan fingerprint density at radius 3 is 2.37 bits per heavy atom. The minimum atomic E-state index is -5.19. The number of rotatable bonds is 4. The number of ether oxygens (including phenoxy) is 1. The lowest BCUT2D eigenvalue weighted by atomic mass is 10.2. The number of esters is 2. The Balaban J connectivity index is 1.63. The summed E-state index contributed by atoms with van der Waals surface area (Å²) in [6, 6.07) is 10.9. The lowest BCUT2D eigenvalue weighted by molar-refractivity contribution is -0.695. The Hall–Kier alpha value is -3.36. The fraction of sp³-hybridized carbons (Fsp3) is 0.167. The third kappa shape index (κ3) is 4.63. The number of fused-ring (bicyclic) bond motifs is 1. The molecule has 0 aliphatic heterocycles. The number of aryl methyl sites for hydroxylation is 1. The number of para-hydroxylation sites is 2. The summed E-state index contributed by atoms with van der Waals surface area (Å²) in [5, 5.41) is 0. The van der Waals surface area contributed by atoms with Gasteiger partial charge < -0.3 is 4.74 Å². The van der Waals surface area contributed by atoms with Crippen LogP contribution in [0.4, 0.5) is 13.2 Å². The molecule has 3 rings (SSSR count). The molecule has 0 bridgehead atoms. The Morgan fingerprint density at radius 2 is 1.70 bits per heavy atom. The van der Waals surface area contributed by atoms with Crippen LogP contribution < -0.4 is 4.57 Å². The molecule has 0 saturated heterocycles. The zero-order chi connectivity index (χ0) is 19.4. The molecule has 1 aromatic carbocycles. The summed E-state index contributed by atoms with van der Waals surface area (Å²) in [6.07, 6.45) is -0.634. The molecule has 27 heavy (non-hydrogen) atoms. The van der Waals surface area contributed by atoms with E-state index in [1.54, 1.807) is 35.3 Å². The van der Waals surface area contributed by atoms with Crippen molar-refractivity contribution in [3.8, 4) is 11.3 Å². The molecular weight excluding hydrogens is 363 g/mol. The van der Waals surface area contributed by atoms with Crippen LogP contribution in [0.3, 0.4) is 0 Å². The highest BCUT2D eigenvalue weighted by Gasteiger charge is 2.42. The molecule has 2 aromatic heterocycles. The number of alkyl halides is 3. The van der Waals surface area contributed by atoms with Crippen molar-refractivity contribution in [3.63, 3.8) is 0 Å². The third-order valence-electron chi connectivity index (χ3n) is 3.65. The van der Waals surface area contributed by atoms with Crippen LogP contribution in [0.2, 0.25) is 0 Å². The maximum absolute atomic E-state index is 12.0. The number of benzene rings is 1. The van der Waals surface area contributed by atoms with Gasteiger partial charge in [0.1, 0.15) is 6.42 Å². The summed E-state index contributed by atoms with van der Waals surface area (Å²) < 4.78 is 41.4. The molecule has 2 heterocycles. The average Bonchev–Trinajstić information content (AvgIpc) is 2.65. The van der Waals surface area contributed by atoms with E-state index in [1.165, 1.54) is 0 Å². The van der Waals surface area contributed by atoms with Gasteiger partial charge in [-0.15, -0.1) is 0 Å². The number of halogens is 3. The Kier molecular flexibility index (Phi) is 5.11. The van der Waals surface area contributed by atoms with Gasteiger partial charge in [-0.2, -0.15) is 13.2 Å². The summed E-state index contributed by atoms with van der Waals surface area (Å²) >= 11 is 0. The second-order valence-electron chi connectivity index (χ2n) is 5.58. The molecule has 138 valence electrons. The molecule has 0 aliphatic carbocycles. The maximum Gasteiger partial charge on any atom is 0.491 e. The molecule has 0 fully saturated rings. The highest BCUT2D eigenvalue weighted by molar-refractivity contribution is 5.88. The van der Waals surface area contributed by atoms with E-state index in [2.05, 4.69) is 14.7 Å². The molecule has 0 N–H and O–H groups in total. The smallest absolute Gasteiger partial charge is 0.386 e. The molecule has 0 aliphatic rings. The molecule has 0 atom stereocenters. The Labute approximate surface area is 151 Å². The number of pyridine rings is 1. The summed E-state index contributed by atoms with van der Waals surface area (Å²) in [5.41, 5.74) is 2.98. The van der Waals surface area contributed by atoms with Crippen LogP contribution in [0.15, 0.2) is 55.0 Å². The zero-order valence-corrected chi connectivity index (χ0v) is 13.8. The molecule has 3 aromatic rings. The molecule has 9 heteroatoms. The predicted octanol–water partition coefficient (Wildman–Crippen LogP) is 2.61. The van der Waals surface area contributed by atoms with E-state index in [9.17, 15) is 22.8 Å². The number of hydrogen-bond acceptors (Lipinski definition) is 5. The van der Waals surface area contributed by atoms with Gasteiger partial charge in [-0.1, -0.05) is 12.1 Å². The lowest BCUT2D eigenvalue weighted by Gasteiger charge is -2.05. The first-order valence-electron chi connectivity index (χ1n) is 7.86. The van der Waals surface area contributed by atoms with Crippen LogP contribution in [0, 0.1) is 0 Å². The first-order valence-corrected chi connectivity index (χ1v) is 7.86. The Bertz CT molecular complexity index is 988. The van der Waals surface area contributed by atoms with Crippen molar-refractivity contribution in [2.45, 2.75) is 19.1 Å². The van der Waals surface area contributed by atoms with E-state index in [4.69, 9.17) is 0 Å². The monoisotopic (exact) mass is 376 g/mol. The number of hydrogen-bond donors (Lipinski definition) is 0. The van der Waals surface area contributed by atoms with Gasteiger partial charge in [-0.05, 0) is 12.1 Å². The largest absolute Gasteiger partial charge is 0.491 e. The maximum atomic E-state index is 12.0. The van der Waals surface area contributed by atoms with Crippen LogP contribution in [0.5, 0.6) is 0 Å². The second-order valence-corrected chi connectivity index (χ2v) is 5.58. The van der Waals surface area contributed by atoms with Crippen molar-refractivity contribution >= 4 is 23.0 Å². The van der Waals surface area contributed by atoms with Gasteiger partial charge in [-0.3, -0.25) is 9.78 Å². The van der Waals surface area contributed by atoms with Crippen LogP contribution >= 0.6 is 0 Å². The summed E-state index contributed by atoms with van der Waals surface area (Å²) in [5.74, 6) is -3.75. The highest BCUT2D eigenvalue weighted by Crippen LogP contribution is 2.18. The normalized spacial score (nSPS) is 11.4. The van der Waals surface area contributed by atoms with Crippen molar-refractivity contribution in [2.24, 2.45) is 0 Å². The summed E-state index contributed by atoms with van der Waals surface area (Å²) in [6.45, 7) is 0.0631. The topological polar surface area (TPSA) is 73.0 Å².